The molecule has 0 aromatic heterocycles. The molecule has 17 heavy (non-hydrogen) atoms. The van der Waals surface area contributed by atoms with Gasteiger partial charge in [-0.3, -0.25) is 5.04 Å². The van der Waals surface area contributed by atoms with Crippen molar-refractivity contribution in [3.63, 3.8) is 0 Å². The molecule has 5 nitrogen and oxygen atoms in total. The van der Waals surface area contributed by atoms with Gasteiger partial charge in [0.25, 0.3) is 0 Å². The first-order valence-electron chi connectivity index (χ1n) is 4.12. The van der Waals surface area contributed by atoms with Gasteiger partial charge in [0, 0.05) is 9.32 Å². The maximum atomic E-state index is 11.6. The Kier molecular flexibility index (Phi) is 9.71. The molecule has 0 saturated carbocycles. The van der Waals surface area contributed by atoms with Gasteiger partial charge >= 0.3 is 29.6 Å². The van der Waals surface area contributed by atoms with Crippen LogP contribution in [-0.4, -0.2) is 18.6 Å². The topological polar surface area (TPSA) is 75.7 Å². The molecule has 0 amide bonds. The van der Waals surface area contributed by atoms with Gasteiger partial charge in [0.1, 0.15) is 0 Å². The third kappa shape index (κ3) is 6.21. The normalized spacial score (nSPS) is 10.9. The Bertz CT molecular complexity index is 422. The average molecular weight is 398 g/mol. The Morgan fingerprint density at radius 2 is 1.88 bits per heavy atom. The van der Waals surface area contributed by atoms with Crippen LogP contribution in [0.5, 0.6) is 0 Å². The van der Waals surface area contributed by atoms with Gasteiger partial charge in [-0.2, -0.15) is 4.33 Å². The van der Waals surface area contributed by atoms with E-state index >= 15 is 0 Å². The van der Waals surface area contributed by atoms with E-state index in [1.165, 1.54) is 12.1 Å². The molecule has 0 saturated heterocycles. The molecule has 1 aromatic carbocycles. The van der Waals surface area contributed by atoms with Crippen LogP contribution in [0.1, 0.15) is 0 Å². The minimum absolute atomic E-state index is 0. The third-order valence-corrected chi connectivity index (χ3v) is 5.28. The van der Waals surface area contributed by atoms with Crippen LogP contribution in [0.4, 0.5) is 0 Å². The molecule has 1 aromatic rings. The zero-order valence-electron chi connectivity index (χ0n) is 8.96. The minimum atomic E-state index is -3.20. The van der Waals surface area contributed by atoms with Gasteiger partial charge in [0.15, 0.2) is 9.84 Å². The second-order valence-electron chi connectivity index (χ2n) is 2.70. The van der Waals surface area contributed by atoms with E-state index in [2.05, 4.69) is 9.37 Å². The van der Waals surface area contributed by atoms with Crippen molar-refractivity contribution >= 4 is 44.5 Å². The summed E-state index contributed by atoms with van der Waals surface area (Å²) >= 11 is 2.73. The van der Waals surface area contributed by atoms with E-state index in [1.54, 1.807) is 12.1 Å². The van der Waals surface area contributed by atoms with Crippen molar-refractivity contribution in [3.8, 4) is 0 Å². The van der Waals surface area contributed by atoms with Crippen molar-refractivity contribution in [2.24, 2.45) is 0 Å². The number of halogens is 1. The summed E-state index contributed by atoms with van der Waals surface area (Å²) < 4.78 is 27.9. The standard InChI is InChI=1S/C8H9IO5S2.Na/c9-5-6-16(11,12)8-3-1-7(2-4-8)15-14-13-10;/h1-4,10H,5-6H2;/q;+1/p-1. The van der Waals surface area contributed by atoms with E-state index in [4.69, 9.17) is 0 Å². The predicted molar refractivity (Wildman–Crippen MR) is 65.4 cm³/mol. The fourth-order valence-electron chi connectivity index (χ4n) is 0.975. The van der Waals surface area contributed by atoms with Gasteiger partial charge in [-0.05, 0) is 24.3 Å². The van der Waals surface area contributed by atoms with E-state index in [-0.39, 0.29) is 40.2 Å². The van der Waals surface area contributed by atoms with Crippen LogP contribution in [0.15, 0.2) is 34.1 Å². The SMILES string of the molecule is O=S(=O)(CCI)c1ccc(SOO[O-])cc1.[Na+]. The van der Waals surface area contributed by atoms with E-state index in [0.29, 0.717) is 9.32 Å². The summed E-state index contributed by atoms with van der Waals surface area (Å²) in [5.74, 6) is 0.111. The fraction of sp³-hybridized carbons (Fsp3) is 0.250. The maximum Gasteiger partial charge on any atom is 1.00 e. The summed E-state index contributed by atoms with van der Waals surface area (Å²) in [6, 6.07) is 6.03. The Hall–Kier alpha value is 1.13. The monoisotopic (exact) mass is 398 g/mol. The summed E-state index contributed by atoms with van der Waals surface area (Å²) in [5.41, 5.74) is 0. The zero-order valence-corrected chi connectivity index (χ0v) is 14.7. The Morgan fingerprint density at radius 3 is 2.35 bits per heavy atom. The van der Waals surface area contributed by atoms with Crippen molar-refractivity contribution in [2.45, 2.75) is 9.79 Å². The first-order chi connectivity index (χ1) is 7.60. The van der Waals surface area contributed by atoms with Crippen molar-refractivity contribution < 1.29 is 52.6 Å². The summed E-state index contributed by atoms with van der Waals surface area (Å²) in [5, 5.41) is 12.8. The molecule has 0 aliphatic rings. The molecule has 9 heteroatoms. The summed E-state index contributed by atoms with van der Waals surface area (Å²) in [6.45, 7) is 0. The van der Waals surface area contributed by atoms with Gasteiger partial charge in [-0.1, -0.05) is 22.6 Å². The quantitative estimate of drug-likeness (QED) is 0.140. The number of hydrogen-bond donors (Lipinski definition) is 0. The number of sulfone groups is 1. The molecule has 0 spiro atoms. The zero-order chi connectivity index (χ0) is 12.0. The molecular formula is C8H8INaO5S2. The molecule has 0 heterocycles. The second kappa shape index (κ2) is 9.10. The van der Waals surface area contributed by atoms with E-state index < -0.39 is 9.84 Å². The Labute approximate surface area is 140 Å². The number of hydrogen-bond acceptors (Lipinski definition) is 6. The molecular weight excluding hydrogens is 390 g/mol. The van der Waals surface area contributed by atoms with E-state index in [1.807, 2.05) is 22.6 Å². The summed E-state index contributed by atoms with van der Waals surface area (Å²) in [6.07, 6.45) is 0. The Balaban J connectivity index is 0.00000256. The third-order valence-electron chi connectivity index (χ3n) is 1.69. The smallest absolute Gasteiger partial charge is 0.691 e. The van der Waals surface area contributed by atoms with Crippen molar-refractivity contribution in [1.29, 1.82) is 0 Å². The van der Waals surface area contributed by atoms with Crippen molar-refractivity contribution in [1.82, 2.24) is 0 Å². The largest absolute Gasteiger partial charge is 1.00 e. The van der Waals surface area contributed by atoms with Crippen LogP contribution in [0.25, 0.3) is 0 Å². The molecule has 0 radical (unpaired) electrons. The molecule has 0 aliphatic heterocycles. The molecule has 0 bridgehead atoms. The number of benzene rings is 1. The minimum Gasteiger partial charge on any atom is -0.691 e. The van der Waals surface area contributed by atoms with Gasteiger partial charge in [0.05, 0.1) is 22.7 Å². The van der Waals surface area contributed by atoms with Crippen LogP contribution in [0, 0.1) is 0 Å². The number of alkyl halides is 1. The van der Waals surface area contributed by atoms with Crippen molar-refractivity contribution in [2.75, 3.05) is 10.2 Å². The van der Waals surface area contributed by atoms with Crippen LogP contribution in [0.2, 0.25) is 0 Å². The molecule has 0 fully saturated rings. The first-order valence-corrected chi connectivity index (χ1v) is 8.04. The van der Waals surface area contributed by atoms with Crippen molar-refractivity contribution in [3.05, 3.63) is 24.3 Å². The summed E-state index contributed by atoms with van der Waals surface area (Å²) in [7, 11) is -3.20. The number of rotatable bonds is 6. The predicted octanol–water partition coefficient (Wildman–Crippen LogP) is -1.87. The van der Waals surface area contributed by atoms with Crippen LogP contribution >= 0.6 is 34.6 Å². The Morgan fingerprint density at radius 1 is 1.29 bits per heavy atom. The maximum absolute atomic E-state index is 11.6. The fourth-order valence-corrected chi connectivity index (χ4v) is 4.06. The molecule has 0 aliphatic carbocycles. The van der Waals surface area contributed by atoms with Gasteiger partial charge < -0.3 is 5.26 Å². The van der Waals surface area contributed by atoms with E-state index in [0.717, 1.165) is 12.0 Å². The second-order valence-corrected chi connectivity index (χ2v) is 6.66. The molecule has 0 atom stereocenters. The molecule has 0 N–H and O–H groups in total. The average Bonchev–Trinajstić information content (AvgIpc) is 2.27. The van der Waals surface area contributed by atoms with Crippen LogP contribution < -0.4 is 34.8 Å². The molecule has 90 valence electrons. The molecule has 1 rings (SSSR count). The van der Waals surface area contributed by atoms with Gasteiger partial charge in [-0.15, -0.1) is 0 Å². The summed E-state index contributed by atoms with van der Waals surface area (Å²) in [4.78, 5) is 0.848. The molecule has 0 unspecified atom stereocenters. The first kappa shape index (κ1) is 18.1. The van der Waals surface area contributed by atoms with Crippen LogP contribution in [-0.2, 0) is 19.2 Å². The van der Waals surface area contributed by atoms with E-state index in [9.17, 15) is 13.7 Å². The van der Waals surface area contributed by atoms with Gasteiger partial charge in [-0.25, -0.2) is 8.42 Å². The van der Waals surface area contributed by atoms with Crippen LogP contribution in [0.3, 0.4) is 0 Å². The van der Waals surface area contributed by atoms with Gasteiger partial charge in [0.2, 0.25) is 0 Å².